The quantitative estimate of drug-likeness (QED) is 0.783. The molecular formula is C17H20ClN5. The van der Waals surface area contributed by atoms with Gasteiger partial charge in [-0.1, -0.05) is 18.2 Å². The van der Waals surface area contributed by atoms with Crippen LogP contribution in [0.5, 0.6) is 0 Å². The monoisotopic (exact) mass is 329 g/mol. The van der Waals surface area contributed by atoms with Crippen molar-refractivity contribution in [3.63, 3.8) is 0 Å². The Labute approximate surface area is 141 Å². The molecule has 1 aromatic carbocycles. The van der Waals surface area contributed by atoms with Crippen LogP contribution in [0.3, 0.4) is 0 Å². The fourth-order valence-corrected chi connectivity index (χ4v) is 3.26. The molecule has 23 heavy (non-hydrogen) atoms. The van der Waals surface area contributed by atoms with E-state index in [1.54, 1.807) is 6.33 Å². The minimum absolute atomic E-state index is 0. The van der Waals surface area contributed by atoms with Gasteiger partial charge in [0.1, 0.15) is 12.2 Å². The Balaban J connectivity index is 0.00000156. The van der Waals surface area contributed by atoms with E-state index in [1.165, 1.54) is 0 Å². The molecule has 0 radical (unpaired) electrons. The van der Waals surface area contributed by atoms with Gasteiger partial charge >= 0.3 is 0 Å². The number of fused-ring (bicyclic) bond motifs is 1. The predicted molar refractivity (Wildman–Crippen MR) is 93.1 cm³/mol. The third kappa shape index (κ3) is 3.07. The van der Waals surface area contributed by atoms with Crippen LogP contribution in [0.15, 0.2) is 42.7 Å². The van der Waals surface area contributed by atoms with E-state index < -0.39 is 0 Å². The van der Waals surface area contributed by atoms with Crippen LogP contribution in [0.1, 0.15) is 37.4 Å². The van der Waals surface area contributed by atoms with Crippen molar-refractivity contribution in [3.8, 4) is 5.82 Å². The first kappa shape index (κ1) is 15.9. The summed E-state index contributed by atoms with van der Waals surface area (Å²) in [5.41, 5.74) is 6.99. The van der Waals surface area contributed by atoms with Gasteiger partial charge in [-0.15, -0.1) is 12.4 Å². The Morgan fingerprint density at radius 3 is 2.61 bits per heavy atom. The lowest BCUT2D eigenvalue weighted by Gasteiger charge is -2.25. The highest BCUT2D eigenvalue weighted by molar-refractivity contribution is 5.85. The lowest BCUT2D eigenvalue weighted by molar-refractivity contribution is 0.380. The summed E-state index contributed by atoms with van der Waals surface area (Å²) in [6, 6.07) is 12.5. The normalized spacial score (nSPS) is 21.1. The molecule has 5 nitrogen and oxygen atoms in total. The van der Waals surface area contributed by atoms with E-state index in [-0.39, 0.29) is 12.4 Å². The second-order valence-corrected chi connectivity index (χ2v) is 6.00. The van der Waals surface area contributed by atoms with Crippen molar-refractivity contribution in [3.05, 3.63) is 48.5 Å². The van der Waals surface area contributed by atoms with Crippen LogP contribution in [0, 0.1) is 0 Å². The Bertz CT molecular complexity index is 792. The number of para-hydroxylation sites is 1. The minimum atomic E-state index is 0. The van der Waals surface area contributed by atoms with Crippen LogP contribution in [-0.4, -0.2) is 25.8 Å². The maximum Gasteiger partial charge on any atom is 0.156 e. The highest BCUT2D eigenvalue weighted by atomic mass is 35.5. The van der Waals surface area contributed by atoms with Gasteiger partial charge in [0.05, 0.1) is 5.52 Å². The molecule has 0 atom stereocenters. The van der Waals surface area contributed by atoms with E-state index in [4.69, 9.17) is 10.7 Å². The highest BCUT2D eigenvalue weighted by Crippen LogP contribution is 2.31. The molecule has 0 saturated heterocycles. The number of aromatic nitrogens is 4. The molecule has 6 heteroatoms. The Kier molecular flexibility index (Phi) is 4.59. The second-order valence-electron chi connectivity index (χ2n) is 6.00. The molecule has 1 aliphatic rings. The topological polar surface area (TPSA) is 69.6 Å². The van der Waals surface area contributed by atoms with Crippen molar-refractivity contribution < 1.29 is 0 Å². The Hall–Kier alpha value is -1.98. The van der Waals surface area contributed by atoms with Crippen LogP contribution >= 0.6 is 12.4 Å². The van der Waals surface area contributed by atoms with E-state index in [1.807, 2.05) is 28.9 Å². The third-order valence-electron chi connectivity index (χ3n) is 4.51. The number of benzene rings is 1. The van der Waals surface area contributed by atoms with Crippen LogP contribution in [-0.2, 0) is 0 Å². The molecule has 2 aromatic heterocycles. The number of halogens is 1. The Morgan fingerprint density at radius 1 is 1.00 bits per heavy atom. The van der Waals surface area contributed by atoms with Crippen LogP contribution in [0.25, 0.3) is 16.7 Å². The predicted octanol–water partition coefficient (Wildman–Crippen LogP) is 3.22. The summed E-state index contributed by atoms with van der Waals surface area (Å²) >= 11 is 0. The standard InChI is InChI=1S/C17H19N5.ClH/c18-14-8-5-13(6-9-14)17-19-11-20-22(17)16-10-7-12-3-1-2-4-15(12)21-16;/h1-4,7,10-11,13-14H,5-6,8-9,18H2;1H. The van der Waals surface area contributed by atoms with Crippen molar-refractivity contribution in [2.45, 2.75) is 37.6 Å². The smallest absolute Gasteiger partial charge is 0.156 e. The van der Waals surface area contributed by atoms with Crippen molar-refractivity contribution in [1.29, 1.82) is 0 Å². The first-order chi connectivity index (χ1) is 10.8. The third-order valence-corrected chi connectivity index (χ3v) is 4.51. The van der Waals surface area contributed by atoms with Gasteiger partial charge in [0.25, 0.3) is 0 Å². The summed E-state index contributed by atoms with van der Waals surface area (Å²) < 4.78 is 1.88. The number of nitrogens with two attached hydrogens (primary N) is 1. The van der Waals surface area contributed by atoms with Gasteiger partial charge in [-0.05, 0) is 43.9 Å². The summed E-state index contributed by atoms with van der Waals surface area (Å²) in [6.45, 7) is 0. The fraction of sp³-hybridized carbons (Fsp3) is 0.353. The molecule has 4 rings (SSSR count). The van der Waals surface area contributed by atoms with Gasteiger partial charge in [-0.3, -0.25) is 0 Å². The number of rotatable bonds is 2. The number of hydrogen-bond acceptors (Lipinski definition) is 4. The zero-order chi connectivity index (χ0) is 14.9. The van der Waals surface area contributed by atoms with E-state index in [2.05, 4.69) is 22.2 Å². The van der Waals surface area contributed by atoms with E-state index in [0.29, 0.717) is 12.0 Å². The molecular weight excluding hydrogens is 310 g/mol. The molecule has 0 bridgehead atoms. The van der Waals surface area contributed by atoms with Crippen molar-refractivity contribution >= 4 is 23.3 Å². The maximum absolute atomic E-state index is 6.01. The molecule has 1 fully saturated rings. The van der Waals surface area contributed by atoms with Gasteiger partial charge in [0.15, 0.2) is 5.82 Å². The zero-order valence-corrected chi connectivity index (χ0v) is 13.6. The number of pyridine rings is 1. The van der Waals surface area contributed by atoms with Crippen LogP contribution < -0.4 is 5.73 Å². The van der Waals surface area contributed by atoms with Crippen molar-refractivity contribution in [2.24, 2.45) is 5.73 Å². The number of nitrogens with zero attached hydrogens (tertiary/aromatic N) is 4. The van der Waals surface area contributed by atoms with Crippen LogP contribution in [0.2, 0.25) is 0 Å². The molecule has 2 heterocycles. The summed E-state index contributed by atoms with van der Waals surface area (Å²) in [5.74, 6) is 2.27. The molecule has 0 amide bonds. The second kappa shape index (κ2) is 6.64. The highest BCUT2D eigenvalue weighted by Gasteiger charge is 2.24. The summed E-state index contributed by atoms with van der Waals surface area (Å²) in [4.78, 5) is 9.22. The van der Waals surface area contributed by atoms with Crippen molar-refractivity contribution in [1.82, 2.24) is 19.7 Å². The SMILES string of the molecule is Cl.NC1CCC(c2ncnn2-c2ccc3ccccc3n2)CC1. The van der Waals surface area contributed by atoms with Gasteiger partial charge in [0.2, 0.25) is 0 Å². The fourth-order valence-electron chi connectivity index (χ4n) is 3.26. The van der Waals surface area contributed by atoms with E-state index in [9.17, 15) is 0 Å². The zero-order valence-electron chi connectivity index (χ0n) is 12.8. The minimum Gasteiger partial charge on any atom is -0.328 e. The molecule has 2 N–H and O–H groups in total. The molecule has 1 saturated carbocycles. The van der Waals surface area contributed by atoms with Gasteiger partial charge in [0, 0.05) is 17.3 Å². The van der Waals surface area contributed by atoms with E-state index in [0.717, 1.165) is 48.2 Å². The lowest BCUT2D eigenvalue weighted by Crippen LogP contribution is -2.26. The summed E-state index contributed by atoms with van der Waals surface area (Å²) in [6.07, 6.45) is 5.90. The lowest BCUT2D eigenvalue weighted by atomic mass is 9.86. The van der Waals surface area contributed by atoms with Gasteiger partial charge in [-0.25, -0.2) is 9.97 Å². The summed E-state index contributed by atoms with van der Waals surface area (Å²) in [7, 11) is 0. The molecule has 0 spiro atoms. The molecule has 0 aliphatic heterocycles. The molecule has 3 aromatic rings. The van der Waals surface area contributed by atoms with E-state index >= 15 is 0 Å². The average Bonchev–Trinajstić information content (AvgIpc) is 3.05. The van der Waals surface area contributed by atoms with Gasteiger partial charge < -0.3 is 5.73 Å². The van der Waals surface area contributed by atoms with Crippen LogP contribution in [0.4, 0.5) is 0 Å². The first-order valence-corrected chi connectivity index (χ1v) is 7.83. The molecule has 120 valence electrons. The maximum atomic E-state index is 6.01. The number of hydrogen-bond donors (Lipinski definition) is 1. The average molecular weight is 330 g/mol. The molecule has 1 aliphatic carbocycles. The summed E-state index contributed by atoms with van der Waals surface area (Å²) in [5, 5.41) is 5.53. The molecule has 0 unspecified atom stereocenters. The largest absolute Gasteiger partial charge is 0.328 e. The van der Waals surface area contributed by atoms with Crippen molar-refractivity contribution in [2.75, 3.05) is 0 Å². The Morgan fingerprint density at radius 2 is 1.78 bits per heavy atom. The van der Waals surface area contributed by atoms with Gasteiger partial charge in [-0.2, -0.15) is 9.78 Å². The first-order valence-electron chi connectivity index (χ1n) is 7.83.